The minimum Gasteiger partial charge on any atom is -0.508 e. The molecule has 0 aliphatic rings. The predicted molar refractivity (Wildman–Crippen MR) is 71.6 cm³/mol. The summed E-state index contributed by atoms with van der Waals surface area (Å²) in [5.74, 6) is -0.782. The van der Waals surface area contributed by atoms with E-state index in [4.69, 9.17) is 0 Å². The van der Waals surface area contributed by atoms with Crippen LogP contribution in [0.2, 0.25) is 0 Å². The van der Waals surface area contributed by atoms with Crippen LogP contribution in [0.4, 0.5) is 23.2 Å². The number of phenols is 1. The maximum atomic E-state index is 13.5. The van der Waals surface area contributed by atoms with Crippen LogP contribution in [0.5, 0.6) is 5.75 Å². The summed E-state index contributed by atoms with van der Waals surface area (Å²) >= 11 is 0. The van der Waals surface area contributed by atoms with Crippen LogP contribution >= 0.6 is 0 Å². The third kappa shape index (κ3) is 3.65. The fourth-order valence-electron chi connectivity index (χ4n) is 1.88. The Bertz CT molecular complexity index is 653. The molecule has 0 amide bonds. The molecule has 0 bridgehead atoms. The molecule has 0 heterocycles. The van der Waals surface area contributed by atoms with Crippen LogP contribution in [0.25, 0.3) is 0 Å². The van der Waals surface area contributed by atoms with Crippen molar-refractivity contribution in [1.29, 1.82) is 0 Å². The van der Waals surface area contributed by atoms with Crippen molar-refractivity contribution in [3.8, 4) is 5.75 Å². The topological polar surface area (TPSA) is 32.3 Å². The lowest BCUT2D eigenvalue weighted by Crippen LogP contribution is -2.08. The van der Waals surface area contributed by atoms with Gasteiger partial charge in [-0.1, -0.05) is 17.7 Å². The minimum atomic E-state index is -4.53. The molecule has 2 aromatic rings. The molecular formula is C15H13F4NO. The van der Waals surface area contributed by atoms with E-state index in [9.17, 15) is 22.7 Å². The second kappa shape index (κ2) is 5.63. The summed E-state index contributed by atoms with van der Waals surface area (Å²) in [5.41, 5.74) is 0.173. The van der Waals surface area contributed by atoms with Crippen LogP contribution in [-0.2, 0) is 12.7 Å². The fourth-order valence-corrected chi connectivity index (χ4v) is 1.88. The van der Waals surface area contributed by atoms with E-state index in [-0.39, 0.29) is 18.0 Å². The second-order valence-corrected chi connectivity index (χ2v) is 4.68. The van der Waals surface area contributed by atoms with E-state index in [2.05, 4.69) is 5.32 Å². The molecule has 0 aliphatic carbocycles. The number of aromatic hydroxyl groups is 1. The summed E-state index contributed by atoms with van der Waals surface area (Å²) in [5, 5.41) is 12.2. The summed E-state index contributed by atoms with van der Waals surface area (Å²) in [7, 11) is 0. The molecule has 0 aromatic heterocycles. The zero-order chi connectivity index (χ0) is 15.6. The molecule has 6 heteroatoms. The number of nitrogens with one attached hydrogen (secondary N) is 1. The quantitative estimate of drug-likeness (QED) is 0.820. The lowest BCUT2D eigenvalue weighted by atomic mass is 10.1. The molecule has 0 fully saturated rings. The molecule has 0 saturated carbocycles. The number of hydrogen-bond donors (Lipinski definition) is 2. The Hall–Kier alpha value is -2.24. The van der Waals surface area contributed by atoms with Gasteiger partial charge in [0.1, 0.15) is 11.6 Å². The van der Waals surface area contributed by atoms with Crippen molar-refractivity contribution < 1.29 is 22.7 Å². The average Bonchev–Trinajstić information content (AvgIpc) is 2.40. The number of alkyl halides is 3. The number of benzene rings is 2. The molecule has 2 rings (SSSR count). The van der Waals surface area contributed by atoms with Gasteiger partial charge in [0.2, 0.25) is 0 Å². The zero-order valence-electron chi connectivity index (χ0n) is 11.1. The molecule has 112 valence electrons. The molecule has 21 heavy (non-hydrogen) atoms. The Morgan fingerprint density at radius 1 is 1.10 bits per heavy atom. The van der Waals surface area contributed by atoms with E-state index in [1.54, 1.807) is 12.1 Å². The maximum Gasteiger partial charge on any atom is 0.416 e. The highest BCUT2D eigenvalue weighted by molar-refractivity contribution is 5.49. The number of phenolic OH excluding ortho intramolecular Hbond substituents is 1. The zero-order valence-corrected chi connectivity index (χ0v) is 11.1. The van der Waals surface area contributed by atoms with Crippen molar-refractivity contribution in [2.75, 3.05) is 5.32 Å². The van der Waals surface area contributed by atoms with Gasteiger partial charge in [0.05, 0.1) is 11.3 Å². The standard InChI is InChI=1S/C15H13F4NO/c1-9-2-5-14(21)10(6-9)8-20-13-7-11(15(17,18)19)3-4-12(13)16/h2-7,20-21H,8H2,1H3. The highest BCUT2D eigenvalue weighted by Gasteiger charge is 2.31. The fraction of sp³-hybridized carbons (Fsp3) is 0.200. The van der Waals surface area contributed by atoms with Crippen molar-refractivity contribution in [1.82, 2.24) is 0 Å². The number of rotatable bonds is 3. The number of halogens is 4. The highest BCUT2D eigenvalue weighted by atomic mass is 19.4. The molecular weight excluding hydrogens is 286 g/mol. The lowest BCUT2D eigenvalue weighted by Gasteiger charge is -2.12. The molecule has 0 saturated heterocycles. The molecule has 2 N–H and O–H groups in total. The van der Waals surface area contributed by atoms with E-state index in [1.807, 2.05) is 6.92 Å². The van der Waals surface area contributed by atoms with Crippen LogP contribution < -0.4 is 5.32 Å². The van der Waals surface area contributed by atoms with E-state index in [1.165, 1.54) is 6.07 Å². The second-order valence-electron chi connectivity index (χ2n) is 4.68. The molecule has 0 unspecified atom stereocenters. The Morgan fingerprint density at radius 3 is 2.48 bits per heavy atom. The Balaban J connectivity index is 2.22. The summed E-state index contributed by atoms with van der Waals surface area (Å²) in [4.78, 5) is 0. The van der Waals surface area contributed by atoms with Gasteiger partial charge in [0, 0.05) is 12.1 Å². The SMILES string of the molecule is Cc1ccc(O)c(CNc2cc(C(F)(F)F)ccc2F)c1. The number of anilines is 1. The van der Waals surface area contributed by atoms with Crippen LogP contribution in [0, 0.1) is 12.7 Å². The highest BCUT2D eigenvalue weighted by Crippen LogP contribution is 2.32. The molecule has 2 aromatic carbocycles. The predicted octanol–water partition coefficient (Wildman–Crippen LogP) is 4.47. The first-order valence-corrected chi connectivity index (χ1v) is 6.16. The van der Waals surface area contributed by atoms with Crippen molar-refractivity contribution >= 4 is 5.69 Å². The third-order valence-electron chi connectivity index (χ3n) is 3.00. The summed E-state index contributed by atoms with van der Waals surface area (Å²) in [6.07, 6.45) is -4.53. The van der Waals surface area contributed by atoms with Crippen molar-refractivity contribution in [2.24, 2.45) is 0 Å². The molecule has 2 nitrogen and oxygen atoms in total. The largest absolute Gasteiger partial charge is 0.508 e. The van der Waals surface area contributed by atoms with Gasteiger partial charge in [-0.05, 0) is 31.2 Å². The maximum absolute atomic E-state index is 13.5. The van der Waals surface area contributed by atoms with Crippen LogP contribution in [0.15, 0.2) is 36.4 Å². The minimum absolute atomic E-state index is 0.000448. The first kappa shape index (κ1) is 15.2. The Morgan fingerprint density at radius 2 is 1.81 bits per heavy atom. The van der Waals surface area contributed by atoms with Gasteiger partial charge in [-0.3, -0.25) is 0 Å². The number of hydrogen-bond acceptors (Lipinski definition) is 2. The van der Waals surface area contributed by atoms with Gasteiger partial charge in [-0.2, -0.15) is 13.2 Å². The molecule has 0 radical (unpaired) electrons. The first-order valence-electron chi connectivity index (χ1n) is 6.16. The van der Waals surface area contributed by atoms with Crippen LogP contribution in [0.1, 0.15) is 16.7 Å². The normalized spacial score (nSPS) is 11.5. The van der Waals surface area contributed by atoms with Crippen LogP contribution in [0.3, 0.4) is 0 Å². The van der Waals surface area contributed by atoms with Gasteiger partial charge in [0.25, 0.3) is 0 Å². The van der Waals surface area contributed by atoms with Crippen molar-refractivity contribution in [2.45, 2.75) is 19.6 Å². The van der Waals surface area contributed by atoms with Gasteiger partial charge in [-0.15, -0.1) is 0 Å². The lowest BCUT2D eigenvalue weighted by molar-refractivity contribution is -0.137. The van der Waals surface area contributed by atoms with E-state index in [0.29, 0.717) is 17.7 Å². The number of aryl methyl sites for hydroxylation is 1. The monoisotopic (exact) mass is 299 g/mol. The van der Waals surface area contributed by atoms with E-state index < -0.39 is 17.6 Å². The van der Waals surface area contributed by atoms with E-state index in [0.717, 1.165) is 11.6 Å². The van der Waals surface area contributed by atoms with Gasteiger partial charge >= 0.3 is 6.18 Å². The van der Waals surface area contributed by atoms with Crippen molar-refractivity contribution in [3.05, 3.63) is 58.9 Å². The van der Waals surface area contributed by atoms with E-state index >= 15 is 0 Å². The molecule has 0 spiro atoms. The summed E-state index contributed by atoms with van der Waals surface area (Å²) in [6.45, 7) is 1.83. The Kier molecular flexibility index (Phi) is 4.06. The smallest absolute Gasteiger partial charge is 0.416 e. The summed E-state index contributed by atoms with van der Waals surface area (Å²) < 4.78 is 51.3. The van der Waals surface area contributed by atoms with Gasteiger partial charge in [-0.25, -0.2) is 4.39 Å². The van der Waals surface area contributed by atoms with Crippen LogP contribution in [-0.4, -0.2) is 5.11 Å². The average molecular weight is 299 g/mol. The molecule has 0 aliphatic heterocycles. The van der Waals surface area contributed by atoms with Gasteiger partial charge in [0.15, 0.2) is 0 Å². The van der Waals surface area contributed by atoms with Gasteiger partial charge < -0.3 is 10.4 Å². The first-order chi connectivity index (χ1) is 9.77. The Labute approximate surface area is 119 Å². The third-order valence-corrected chi connectivity index (χ3v) is 3.00. The molecule has 0 atom stereocenters. The van der Waals surface area contributed by atoms with Crippen molar-refractivity contribution in [3.63, 3.8) is 0 Å². The summed E-state index contributed by atoms with van der Waals surface area (Å²) in [6, 6.07) is 7.01.